The maximum Gasteiger partial charge on any atom is 0.124 e. The number of hydrogen-bond acceptors (Lipinski definition) is 2. The second-order valence-electron chi connectivity index (χ2n) is 7.93. The van der Waals surface area contributed by atoms with Gasteiger partial charge in [0.15, 0.2) is 0 Å². The van der Waals surface area contributed by atoms with Crippen molar-refractivity contribution in [3.8, 4) is 5.75 Å². The van der Waals surface area contributed by atoms with E-state index in [1.807, 2.05) is 6.08 Å². The van der Waals surface area contributed by atoms with Crippen LogP contribution in [-0.2, 0) is 10.8 Å². The number of phenolic OH excluding ortho intramolecular Hbond substituents is 1. The molecule has 0 bridgehead atoms. The minimum Gasteiger partial charge on any atom is -0.507 e. The molecule has 3 N–H and O–H groups in total. The molecule has 0 heterocycles. The highest BCUT2D eigenvalue weighted by atomic mass is 35.5. The summed E-state index contributed by atoms with van der Waals surface area (Å²) in [6.45, 7) is 16.7. The average Bonchev–Trinajstić information content (AvgIpc) is 2.33. The molecule has 3 heteroatoms. The van der Waals surface area contributed by atoms with Crippen LogP contribution in [0, 0.1) is 0 Å². The molecule has 0 amide bonds. The van der Waals surface area contributed by atoms with Gasteiger partial charge in [-0.05, 0) is 40.9 Å². The van der Waals surface area contributed by atoms with Gasteiger partial charge in [-0.15, -0.1) is 19.0 Å². The molecule has 126 valence electrons. The van der Waals surface area contributed by atoms with Gasteiger partial charge in [0, 0.05) is 11.6 Å². The molecule has 1 rings (SSSR count). The van der Waals surface area contributed by atoms with Crippen molar-refractivity contribution in [3.63, 3.8) is 0 Å². The van der Waals surface area contributed by atoms with Crippen molar-refractivity contribution in [2.24, 2.45) is 5.73 Å². The van der Waals surface area contributed by atoms with Crippen LogP contribution in [0.3, 0.4) is 0 Å². The molecule has 0 aliphatic rings. The number of rotatable bonds is 4. The quantitative estimate of drug-likeness (QED) is 0.730. The first-order chi connectivity index (χ1) is 9.48. The standard InChI is InChI=1S/C19H31NO.ClH/c1-8-9-10-16(20)14-11-13(18(2,3)4)12-15(17(14)21)19(5,6)7;/h8,11-12,16,21H,1,9-10,20H2,2-7H3;1H/t16-;/m0./s1. The minimum absolute atomic E-state index is 0. The fourth-order valence-electron chi connectivity index (χ4n) is 2.40. The molecular formula is C19H32ClNO. The van der Waals surface area contributed by atoms with Crippen molar-refractivity contribution in [1.29, 1.82) is 0 Å². The van der Waals surface area contributed by atoms with E-state index in [1.54, 1.807) is 0 Å². The van der Waals surface area contributed by atoms with Crippen molar-refractivity contribution in [2.45, 2.75) is 71.3 Å². The second-order valence-corrected chi connectivity index (χ2v) is 7.93. The molecule has 0 radical (unpaired) electrons. The maximum atomic E-state index is 10.7. The van der Waals surface area contributed by atoms with E-state index in [4.69, 9.17) is 5.73 Å². The van der Waals surface area contributed by atoms with Gasteiger partial charge in [0.1, 0.15) is 5.75 Å². The van der Waals surface area contributed by atoms with E-state index >= 15 is 0 Å². The smallest absolute Gasteiger partial charge is 0.124 e. The maximum absolute atomic E-state index is 10.7. The normalized spacial score (nSPS) is 13.4. The monoisotopic (exact) mass is 325 g/mol. The number of phenols is 1. The SMILES string of the molecule is C=CCC[C@H](N)c1cc(C(C)(C)C)cc(C(C)(C)C)c1O.Cl. The van der Waals surface area contributed by atoms with Crippen LogP contribution >= 0.6 is 12.4 Å². The molecule has 0 fully saturated rings. The summed E-state index contributed by atoms with van der Waals surface area (Å²) in [5, 5.41) is 10.7. The Morgan fingerprint density at radius 1 is 1.14 bits per heavy atom. The van der Waals surface area contributed by atoms with Gasteiger partial charge < -0.3 is 10.8 Å². The summed E-state index contributed by atoms with van der Waals surface area (Å²) in [7, 11) is 0. The van der Waals surface area contributed by atoms with Gasteiger partial charge >= 0.3 is 0 Å². The fourth-order valence-corrected chi connectivity index (χ4v) is 2.40. The molecule has 1 aromatic carbocycles. The largest absolute Gasteiger partial charge is 0.507 e. The Labute approximate surface area is 142 Å². The van der Waals surface area contributed by atoms with Crippen molar-refractivity contribution in [3.05, 3.63) is 41.5 Å². The van der Waals surface area contributed by atoms with Crippen molar-refractivity contribution in [1.82, 2.24) is 0 Å². The highest BCUT2D eigenvalue weighted by Crippen LogP contribution is 2.40. The van der Waals surface area contributed by atoms with Crippen molar-refractivity contribution in [2.75, 3.05) is 0 Å². The summed E-state index contributed by atoms with van der Waals surface area (Å²) < 4.78 is 0. The second kappa shape index (κ2) is 7.52. The van der Waals surface area contributed by atoms with Gasteiger partial charge in [-0.1, -0.05) is 53.7 Å². The van der Waals surface area contributed by atoms with Crippen LogP contribution < -0.4 is 5.73 Å². The Bertz CT molecular complexity index is 509. The van der Waals surface area contributed by atoms with E-state index in [-0.39, 0.29) is 29.3 Å². The first-order valence-corrected chi connectivity index (χ1v) is 7.73. The third kappa shape index (κ3) is 5.03. The van der Waals surface area contributed by atoms with Crippen LogP contribution in [0.2, 0.25) is 0 Å². The number of benzene rings is 1. The summed E-state index contributed by atoms with van der Waals surface area (Å²) in [5.41, 5.74) is 9.26. The zero-order valence-corrected chi connectivity index (χ0v) is 15.7. The molecule has 0 saturated heterocycles. The third-order valence-corrected chi connectivity index (χ3v) is 3.89. The lowest BCUT2D eigenvalue weighted by atomic mass is 9.78. The third-order valence-electron chi connectivity index (χ3n) is 3.89. The molecule has 0 aliphatic heterocycles. The number of nitrogens with two attached hydrogens (primary N) is 1. The van der Waals surface area contributed by atoms with Gasteiger partial charge in [-0.3, -0.25) is 0 Å². The van der Waals surface area contributed by atoms with E-state index in [9.17, 15) is 5.11 Å². The average molecular weight is 326 g/mol. The number of aromatic hydroxyl groups is 1. The molecule has 0 unspecified atom stereocenters. The van der Waals surface area contributed by atoms with E-state index in [0.717, 1.165) is 24.0 Å². The molecule has 1 aromatic rings. The number of halogens is 1. The first kappa shape index (κ1) is 21.0. The number of allylic oxidation sites excluding steroid dienone is 1. The topological polar surface area (TPSA) is 46.2 Å². The lowest BCUT2D eigenvalue weighted by molar-refractivity contribution is 0.430. The van der Waals surface area contributed by atoms with E-state index in [1.165, 1.54) is 5.56 Å². The van der Waals surface area contributed by atoms with Gasteiger partial charge in [0.2, 0.25) is 0 Å². The summed E-state index contributed by atoms with van der Waals surface area (Å²) in [5.74, 6) is 0.354. The van der Waals surface area contributed by atoms with Crippen LogP contribution in [0.5, 0.6) is 5.75 Å². The van der Waals surface area contributed by atoms with Crippen LogP contribution in [0.15, 0.2) is 24.8 Å². The highest BCUT2D eigenvalue weighted by Gasteiger charge is 2.26. The Kier molecular flexibility index (Phi) is 7.18. The van der Waals surface area contributed by atoms with Gasteiger partial charge in [-0.25, -0.2) is 0 Å². The highest BCUT2D eigenvalue weighted by molar-refractivity contribution is 5.85. The van der Waals surface area contributed by atoms with E-state index in [2.05, 4.69) is 60.3 Å². The van der Waals surface area contributed by atoms with Crippen LogP contribution in [0.25, 0.3) is 0 Å². The minimum atomic E-state index is -0.161. The van der Waals surface area contributed by atoms with Gasteiger partial charge in [0.25, 0.3) is 0 Å². The summed E-state index contributed by atoms with van der Waals surface area (Å²) >= 11 is 0. The molecular weight excluding hydrogens is 294 g/mol. The first-order valence-electron chi connectivity index (χ1n) is 7.73. The Hall–Kier alpha value is -0.990. The molecule has 0 saturated carbocycles. The molecule has 0 spiro atoms. The molecule has 0 aliphatic carbocycles. The summed E-state index contributed by atoms with van der Waals surface area (Å²) in [6.07, 6.45) is 3.52. The zero-order chi connectivity index (χ0) is 16.4. The predicted octanol–water partition coefficient (Wildman–Crippen LogP) is 5.38. The predicted molar refractivity (Wildman–Crippen MR) is 99.1 cm³/mol. The van der Waals surface area contributed by atoms with Crippen LogP contribution in [0.1, 0.15) is 77.1 Å². The summed E-state index contributed by atoms with van der Waals surface area (Å²) in [4.78, 5) is 0. The zero-order valence-electron chi connectivity index (χ0n) is 14.9. The molecule has 22 heavy (non-hydrogen) atoms. The van der Waals surface area contributed by atoms with Crippen molar-refractivity contribution >= 4 is 12.4 Å². The Balaban J connectivity index is 0.00000441. The van der Waals surface area contributed by atoms with Gasteiger partial charge in [-0.2, -0.15) is 0 Å². The van der Waals surface area contributed by atoms with Crippen LogP contribution in [0.4, 0.5) is 0 Å². The lowest BCUT2D eigenvalue weighted by Crippen LogP contribution is -2.20. The lowest BCUT2D eigenvalue weighted by Gasteiger charge is -2.29. The van der Waals surface area contributed by atoms with Crippen molar-refractivity contribution < 1.29 is 5.11 Å². The van der Waals surface area contributed by atoms with E-state index < -0.39 is 0 Å². The summed E-state index contributed by atoms with van der Waals surface area (Å²) in [6, 6.07) is 4.03. The fraction of sp³-hybridized carbons (Fsp3) is 0.579. The molecule has 2 nitrogen and oxygen atoms in total. The van der Waals surface area contributed by atoms with E-state index in [0.29, 0.717) is 5.75 Å². The number of hydrogen-bond donors (Lipinski definition) is 2. The van der Waals surface area contributed by atoms with Crippen LogP contribution in [-0.4, -0.2) is 5.11 Å². The Morgan fingerprint density at radius 2 is 1.68 bits per heavy atom. The molecule has 1 atom stereocenters. The molecule has 0 aromatic heterocycles. The van der Waals surface area contributed by atoms with Gasteiger partial charge in [0.05, 0.1) is 0 Å². The Morgan fingerprint density at radius 3 is 2.09 bits per heavy atom.